The molecule has 5 heteroatoms. The summed E-state index contributed by atoms with van der Waals surface area (Å²) in [6.07, 6.45) is 3.68. The molecule has 0 bridgehead atoms. The number of benzene rings is 1. The quantitative estimate of drug-likeness (QED) is 0.761. The molecule has 2 nitrogen and oxygen atoms in total. The van der Waals surface area contributed by atoms with E-state index in [0.29, 0.717) is 0 Å². The van der Waals surface area contributed by atoms with Crippen molar-refractivity contribution in [1.29, 1.82) is 0 Å². The molecule has 1 fully saturated rings. The molecule has 0 aromatic heterocycles. The van der Waals surface area contributed by atoms with E-state index in [1.54, 1.807) is 7.05 Å². The topological polar surface area (TPSA) is 20.3 Å². The van der Waals surface area contributed by atoms with Gasteiger partial charge in [-0.05, 0) is 31.0 Å². The van der Waals surface area contributed by atoms with Gasteiger partial charge in [0.25, 0.3) is 5.91 Å². The second kappa shape index (κ2) is 5.87. The van der Waals surface area contributed by atoms with E-state index in [-0.39, 0.29) is 17.0 Å². The molecule has 0 N–H and O–H groups in total. The van der Waals surface area contributed by atoms with Crippen LogP contribution >= 0.6 is 11.6 Å². The summed E-state index contributed by atoms with van der Waals surface area (Å²) in [5, 5.41) is -0.126. The van der Waals surface area contributed by atoms with E-state index in [2.05, 4.69) is 0 Å². The van der Waals surface area contributed by atoms with E-state index in [4.69, 9.17) is 11.6 Å². The Morgan fingerprint density at radius 1 is 1.32 bits per heavy atom. The summed E-state index contributed by atoms with van der Waals surface area (Å²) in [7, 11) is 1.60. The lowest BCUT2D eigenvalue weighted by molar-refractivity contribution is 0.0695. The average Bonchev–Trinajstić information content (AvgIpc) is 2.40. The Morgan fingerprint density at radius 2 is 2.00 bits per heavy atom. The second-order valence-electron chi connectivity index (χ2n) is 4.91. The van der Waals surface area contributed by atoms with Crippen LogP contribution in [0.15, 0.2) is 18.2 Å². The molecule has 0 radical (unpaired) electrons. The van der Waals surface area contributed by atoms with Crippen LogP contribution in [0.2, 0.25) is 0 Å². The number of rotatable bonds is 2. The zero-order valence-corrected chi connectivity index (χ0v) is 11.5. The van der Waals surface area contributed by atoms with Gasteiger partial charge in [0.15, 0.2) is 0 Å². The van der Waals surface area contributed by atoms with E-state index in [0.717, 1.165) is 43.9 Å². The zero-order chi connectivity index (χ0) is 14.0. The maximum Gasteiger partial charge on any atom is 0.256 e. The largest absolute Gasteiger partial charge is 0.337 e. The van der Waals surface area contributed by atoms with Crippen LogP contribution in [0, 0.1) is 11.6 Å². The highest BCUT2D eigenvalue weighted by Gasteiger charge is 2.30. The molecule has 1 aliphatic carbocycles. The van der Waals surface area contributed by atoms with Gasteiger partial charge in [0.05, 0.1) is 10.9 Å². The van der Waals surface area contributed by atoms with Crippen LogP contribution in [-0.4, -0.2) is 29.3 Å². The number of alkyl halides is 1. The number of halogens is 3. The van der Waals surface area contributed by atoms with E-state index < -0.39 is 17.5 Å². The van der Waals surface area contributed by atoms with Gasteiger partial charge in [-0.2, -0.15) is 0 Å². The van der Waals surface area contributed by atoms with Crippen molar-refractivity contribution >= 4 is 17.5 Å². The first-order valence-electron chi connectivity index (χ1n) is 6.37. The Balaban J connectivity index is 2.20. The van der Waals surface area contributed by atoms with E-state index in [1.807, 2.05) is 0 Å². The molecule has 1 aliphatic rings. The van der Waals surface area contributed by atoms with Crippen molar-refractivity contribution in [1.82, 2.24) is 4.90 Å². The summed E-state index contributed by atoms with van der Waals surface area (Å²) in [5.74, 6) is -1.85. The zero-order valence-electron chi connectivity index (χ0n) is 10.7. The van der Waals surface area contributed by atoms with Gasteiger partial charge in [0.1, 0.15) is 11.6 Å². The fourth-order valence-corrected chi connectivity index (χ4v) is 2.95. The Kier molecular flexibility index (Phi) is 4.40. The minimum atomic E-state index is -0.708. The lowest BCUT2D eigenvalue weighted by atomic mass is 9.93. The van der Waals surface area contributed by atoms with Gasteiger partial charge in [0.2, 0.25) is 0 Å². The highest BCUT2D eigenvalue weighted by atomic mass is 35.5. The first-order chi connectivity index (χ1) is 9.00. The van der Waals surface area contributed by atoms with Gasteiger partial charge in [-0.15, -0.1) is 11.6 Å². The van der Waals surface area contributed by atoms with Crippen LogP contribution in [0.25, 0.3) is 0 Å². The standard InChI is InChI=1S/C14H16ClF2NO/c1-18(13-5-3-2-4-11(13)15)14(19)10-8-9(16)6-7-12(10)17/h6-8,11,13H,2-5H2,1H3. The highest BCUT2D eigenvalue weighted by molar-refractivity contribution is 6.21. The molecular formula is C14H16ClF2NO. The first kappa shape index (κ1) is 14.3. The molecule has 1 aromatic rings. The second-order valence-corrected chi connectivity index (χ2v) is 5.47. The van der Waals surface area contributed by atoms with Gasteiger partial charge < -0.3 is 4.90 Å². The van der Waals surface area contributed by atoms with Crippen LogP contribution in [0.5, 0.6) is 0 Å². The number of hydrogen-bond donors (Lipinski definition) is 0. The average molecular weight is 288 g/mol. The van der Waals surface area contributed by atoms with Crippen LogP contribution in [-0.2, 0) is 0 Å². The molecule has 1 amide bonds. The van der Waals surface area contributed by atoms with Gasteiger partial charge in [-0.3, -0.25) is 4.79 Å². The molecule has 2 unspecified atom stereocenters. The molecule has 2 atom stereocenters. The lowest BCUT2D eigenvalue weighted by Crippen LogP contribution is -2.44. The number of amides is 1. The van der Waals surface area contributed by atoms with E-state index >= 15 is 0 Å². The Labute approximate surface area is 116 Å². The maximum atomic E-state index is 13.6. The summed E-state index contributed by atoms with van der Waals surface area (Å²) in [5.41, 5.74) is -0.239. The van der Waals surface area contributed by atoms with Crippen molar-refractivity contribution in [3.63, 3.8) is 0 Å². The Hall–Kier alpha value is -1.16. The number of carbonyl (C=O) groups is 1. The molecule has 0 saturated heterocycles. The molecular weight excluding hydrogens is 272 g/mol. The summed E-state index contributed by atoms with van der Waals surface area (Å²) >= 11 is 6.22. The van der Waals surface area contributed by atoms with Gasteiger partial charge >= 0.3 is 0 Å². The van der Waals surface area contributed by atoms with Crippen molar-refractivity contribution in [2.24, 2.45) is 0 Å². The molecule has 0 heterocycles. The number of hydrogen-bond acceptors (Lipinski definition) is 1. The molecule has 0 aliphatic heterocycles. The lowest BCUT2D eigenvalue weighted by Gasteiger charge is -2.35. The third kappa shape index (κ3) is 3.06. The first-order valence-corrected chi connectivity index (χ1v) is 6.80. The number of nitrogens with zero attached hydrogens (tertiary/aromatic N) is 1. The van der Waals surface area contributed by atoms with Crippen molar-refractivity contribution < 1.29 is 13.6 Å². The fraction of sp³-hybridized carbons (Fsp3) is 0.500. The smallest absolute Gasteiger partial charge is 0.256 e. The Morgan fingerprint density at radius 3 is 2.68 bits per heavy atom. The maximum absolute atomic E-state index is 13.6. The van der Waals surface area contributed by atoms with Gasteiger partial charge in [-0.25, -0.2) is 8.78 Å². The number of carbonyl (C=O) groups excluding carboxylic acids is 1. The van der Waals surface area contributed by atoms with Crippen LogP contribution in [0.1, 0.15) is 36.0 Å². The molecule has 0 spiro atoms. The fourth-order valence-electron chi connectivity index (χ4n) is 2.50. The third-order valence-electron chi connectivity index (χ3n) is 3.62. The van der Waals surface area contributed by atoms with E-state index in [9.17, 15) is 13.6 Å². The predicted octanol–water partition coefficient (Wildman–Crippen LogP) is 3.59. The van der Waals surface area contributed by atoms with Crippen molar-refractivity contribution in [3.05, 3.63) is 35.4 Å². The SMILES string of the molecule is CN(C(=O)c1cc(F)ccc1F)C1CCCCC1Cl. The minimum absolute atomic E-state index is 0.120. The van der Waals surface area contributed by atoms with Crippen LogP contribution in [0.4, 0.5) is 8.78 Å². The summed E-state index contributed by atoms with van der Waals surface area (Å²) in [4.78, 5) is 13.7. The Bertz CT molecular complexity index is 481. The van der Waals surface area contributed by atoms with Crippen LogP contribution < -0.4 is 0 Å². The van der Waals surface area contributed by atoms with Crippen molar-refractivity contribution in [2.45, 2.75) is 37.1 Å². The van der Waals surface area contributed by atoms with Gasteiger partial charge in [-0.1, -0.05) is 12.8 Å². The van der Waals surface area contributed by atoms with E-state index in [1.165, 1.54) is 4.90 Å². The molecule has 1 aromatic carbocycles. The molecule has 19 heavy (non-hydrogen) atoms. The molecule has 1 saturated carbocycles. The van der Waals surface area contributed by atoms with Crippen LogP contribution in [0.3, 0.4) is 0 Å². The predicted molar refractivity (Wildman–Crippen MR) is 70.3 cm³/mol. The normalized spacial score (nSPS) is 23.2. The molecule has 2 rings (SSSR count). The summed E-state index contributed by atoms with van der Waals surface area (Å²) < 4.78 is 26.7. The summed E-state index contributed by atoms with van der Waals surface area (Å²) in [6.45, 7) is 0. The van der Waals surface area contributed by atoms with Crippen molar-refractivity contribution in [2.75, 3.05) is 7.05 Å². The van der Waals surface area contributed by atoms with Gasteiger partial charge in [0, 0.05) is 13.1 Å². The summed E-state index contributed by atoms with van der Waals surface area (Å²) in [6, 6.07) is 2.78. The highest BCUT2D eigenvalue weighted by Crippen LogP contribution is 2.27. The molecule has 104 valence electrons. The monoisotopic (exact) mass is 287 g/mol. The van der Waals surface area contributed by atoms with Crippen molar-refractivity contribution in [3.8, 4) is 0 Å². The minimum Gasteiger partial charge on any atom is -0.337 e. The third-order valence-corrected chi connectivity index (χ3v) is 4.13.